The zero-order chi connectivity index (χ0) is 16.0. The normalized spacial score (nSPS) is 18.0. The molecule has 1 aromatic rings. The highest BCUT2D eigenvalue weighted by Gasteiger charge is 2.24. The highest BCUT2D eigenvalue weighted by molar-refractivity contribution is 5.88. The van der Waals surface area contributed by atoms with E-state index in [1.165, 1.54) is 25.7 Å². The zero-order valence-corrected chi connectivity index (χ0v) is 14.1. The summed E-state index contributed by atoms with van der Waals surface area (Å²) < 4.78 is 16.2. The third kappa shape index (κ3) is 3.93. The first-order valence-corrected chi connectivity index (χ1v) is 7.97. The highest BCUT2D eigenvalue weighted by atomic mass is 16.5. The summed E-state index contributed by atoms with van der Waals surface area (Å²) in [6, 6.07) is 3.72. The van der Waals surface area contributed by atoms with Crippen LogP contribution in [0.1, 0.15) is 51.0 Å². The molecule has 4 heteroatoms. The van der Waals surface area contributed by atoms with Gasteiger partial charge in [0, 0.05) is 18.3 Å². The van der Waals surface area contributed by atoms with Crippen LogP contribution in [0, 0.1) is 0 Å². The van der Waals surface area contributed by atoms with Crippen molar-refractivity contribution in [2.24, 2.45) is 4.99 Å². The lowest BCUT2D eigenvalue weighted by molar-refractivity contribution is 0.374. The van der Waals surface area contributed by atoms with Crippen LogP contribution in [0.3, 0.4) is 0 Å². The Balaban J connectivity index is 2.32. The first-order valence-electron chi connectivity index (χ1n) is 7.97. The minimum Gasteiger partial charge on any atom is -0.496 e. The van der Waals surface area contributed by atoms with Crippen LogP contribution in [0.15, 0.2) is 17.1 Å². The molecule has 0 aliphatic heterocycles. The van der Waals surface area contributed by atoms with Gasteiger partial charge in [-0.25, -0.2) is 0 Å². The summed E-state index contributed by atoms with van der Waals surface area (Å²) in [7, 11) is 4.94. The molecule has 0 amide bonds. The summed E-state index contributed by atoms with van der Waals surface area (Å²) >= 11 is 0. The van der Waals surface area contributed by atoms with E-state index >= 15 is 0 Å². The number of hydrogen-bond donors (Lipinski definition) is 0. The fraction of sp³-hybridized carbons (Fsp3) is 0.611. The average Bonchev–Trinajstić information content (AvgIpc) is 2.77. The lowest BCUT2D eigenvalue weighted by Crippen LogP contribution is -2.20. The number of hydrogen-bond acceptors (Lipinski definition) is 4. The van der Waals surface area contributed by atoms with Crippen molar-refractivity contribution >= 4 is 6.21 Å². The smallest absolute Gasteiger partial charge is 0.135 e. The summed E-state index contributed by atoms with van der Waals surface area (Å²) in [4.78, 5) is 4.89. The van der Waals surface area contributed by atoms with Crippen molar-refractivity contribution in [2.75, 3.05) is 21.3 Å². The van der Waals surface area contributed by atoms with Crippen molar-refractivity contribution in [3.05, 3.63) is 17.7 Å². The van der Waals surface area contributed by atoms with Gasteiger partial charge < -0.3 is 14.2 Å². The van der Waals surface area contributed by atoms with Gasteiger partial charge in [0.2, 0.25) is 0 Å². The monoisotopic (exact) mass is 305 g/mol. The van der Waals surface area contributed by atoms with Crippen molar-refractivity contribution < 1.29 is 14.2 Å². The van der Waals surface area contributed by atoms with Gasteiger partial charge in [0.05, 0.1) is 32.4 Å². The minimum atomic E-state index is 0.0203. The van der Waals surface area contributed by atoms with E-state index in [9.17, 15) is 0 Å². The Morgan fingerprint density at radius 2 is 1.45 bits per heavy atom. The first kappa shape index (κ1) is 16.7. The molecule has 2 rings (SSSR count). The Hall–Kier alpha value is -1.71. The number of rotatable bonds is 5. The van der Waals surface area contributed by atoms with E-state index in [4.69, 9.17) is 19.2 Å². The molecule has 0 spiro atoms. The number of aliphatic imine (C=N–C) groups is 1. The maximum Gasteiger partial charge on any atom is 0.135 e. The van der Waals surface area contributed by atoms with Crippen molar-refractivity contribution in [3.63, 3.8) is 0 Å². The van der Waals surface area contributed by atoms with Crippen molar-refractivity contribution in [1.29, 1.82) is 0 Å². The van der Waals surface area contributed by atoms with Crippen LogP contribution in [-0.2, 0) is 0 Å². The van der Waals surface area contributed by atoms with E-state index in [2.05, 4.69) is 6.92 Å². The van der Waals surface area contributed by atoms with E-state index in [0.717, 1.165) is 29.9 Å². The first-order chi connectivity index (χ1) is 10.6. The minimum absolute atomic E-state index is 0.0203. The number of ether oxygens (including phenoxy) is 3. The van der Waals surface area contributed by atoms with Gasteiger partial charge in [-0.3, -0.25) is 4.99 Å². The second-order valence-corrected chi connectivity index (χ2v) is 6.11. The van der Waals surface area contributed by atoms with E-state index in [-0.39, 0.29) is 5.54 Å². The molecule has 0 aromatic heterocycles. The molecule has 1 aromatic carbocycles. The number of benzene rings is 1. The fourth-order valence-corrected chi connectivity index (χ4v) is 3.00. The van der Waals surface area contributed by atoms with Gasteiger partial charge in [0.15, 0.2) is 0 Å². The molecule has 0 atom stereocenters. The van der Waals surface area contributed by atoms with Crippen LogP contribution < -0.4 is 14.2 Å². The second-order valence-electron chi connectivity index (χ2n) is 6.11. The van der Waals surface area contributed by atoms with Crippen LogP contribution in [0.4, 0.5) is 0 Å². The van der Waals surface area contributed by atoms with Crippen LogP contribution in [0.25, 0.3) is 0 Å². The molecule has 0 unspecified atom stereocenters. The maximum absolute atomic E-state index is 5.48. The third-order valence-corrected chi connectivity index (χ3v) is 4.44. The van der Waals surface area contributed by atoms with E-state index < -0.39 is 0 Å². The molecule has 0 saturated heterocycles. The lowest BCUT2D eigenvalue weighted by Gasteiger charge is -2.23. The van der Waals surface area contributed by atoms with Gasteiger partial charge in [-0.2, -0.15) is 0 Å². The van der Waals surface area contributed by atoms with Gasteiger partial charge in [-0.1, -0.05) is 25.7 Å². The Labute approximate surface area is 133 Å². The van der Waals surface area contributed by atoms with Crippen molar-refractivity contribution in [1.82, 2.24) is 0 Å². The molecule has 1 fully saturated rings. The Morgan fingerprint density at radius 1 is 0.909 bits per heavy atom. The predicted octanol–water partition coefficient (Wildman–Crippen LogP) is 4.24. The highest BCUT2D eigenvalue weighted by Crippen LogP contribution is 2.34. The molecule has 1 saturated carbocycles. The SMILES string of the molecule is COc1cc(OC)c(C=NC2(C)CCCCCC2)c(OC)c1. The Kier molecular flexibility index (Phi) is 5.69. The summed E-state index contributed by atoms with van der Waals surface area (Å²) in [5.41, 5.74) is 0.892. The van der Waals surface area contributed by atoms with Crippen LogP contribution >= 0.6 is 0 Å². The Bertz CT molecular complexity index is 492. The summed E-state index contributed by atoms with van der Waals surface area (Å²) in [5.74, 6) is 2.15. The van der Waals surface area contributed by atoms with Crippen LogP contribution in [0.5, 0.6) is 17.2 Å². The number of nitrogens with zero attached hydrogens (tertiary/aromatic N) is 1. The summed E-state index contributed by atoms with van der Waals surface area (Å²) in [5, 5.41) is 0. The molecule has 0 heterocycles. The lowest BCUT2D eigenvalue weighted by atomic mass is 9.93. The van der Waals surface area contributed by atoms with Crippen molar-refractivity contribution in [3.8, 4) is 17.2 Å². The van der Waals surface area contributed by atoms with E-state index in [1.54, 1.807) is 21.3 Å². The quantitative estimate of drug-likeness (QED) is 0.603. The second kappa shape index (κ2) is 7.52. The Morgan fingerprint density at radius 3 is 1.91 bits per heavy atom. The van der Waals surface area contributed by atoms with E-state index in [1.807, 2.05) is 18.3 Å². The fourth-order valence-electron chi connectivity index (χ4n) is 3.00. The molecular weight excluding hydrogens is 278 g/mol. The van der Waals surface area contributed by atoms with E-state index in [0.29, 0.717) is 5.75 Å². The van der Waals surface area contributed by atoms with Crippen molar-refractivity contribution in [2.45, 2.75) is 51.0 Å². The maximum atomic E-state index is 5.48. The standard InChI is InChI=1S/C18H27NO3/c1-18(9-7-5-6-8-10-18)19-13-15-16(21-3)11-14(20-2)12-17(15)22-4/h11-13H,5-10H2,1-4H3. The zero-order valence-electron chi connectivity index (χ0n) is 14.1. The predicted molar refractivity (Wildman–Crippen MR) is 89.8 cm³/mol. The molecule has 1 aliphatic carbocycles. The van der Waals surface area contributed by atoms with Gasteiger partial charge in [0.25, 0.3) is 0 Å². The molecule has 4 nitrogen and oxygen atoms in total. The van der Waals surface area contributed by atoms with Crippen LogP contribution in [0.2, 0.25) is 0 Å². The molecule has 0 N–H and O–H groups in total. The molecular formula is C18H27NO3. The molecule has 0 bridgehead atoms. The largest absolute Gasteiger partial charge is 0.496 e. The van der Waals surface area contributed by atoms with Crippen LogP contribution in [-0.4, -0.2) is 33.1 Å². The van der Waals surface area contributed by atoms with Gasteiger partial charge in [-0.15, -0.1) is 0 Å². The molecule has 0 radical (unpaired) electrons. The van der Waals surface area contributed by atoms with Gasteiger partial charge in [-0.05, 0) is 19.8 Å². The third-order valence-electron chi connectivity index (χ3n) is 4.44. The average molecular weight is 305 g/mol. The number of methoxy groups -OCH3 is 3. The van der Waals surface area contributed by atoms with Gasteiger partial charge in [0.1, 0.15) is 17.2 Å². The molecule has 122 valence electrons. The summed E-state index contributed by atoms with van der Waals surface area (Å²) in [6.45, 7) is 2.25. The molecule has 22 heavy (non-hydrogen) atoms. The molecule has 1 aliphatic rings. The topological polar surface area (TPSA) is 40.0 Å². The van der Waals surface area contributed by atoms with Gasteiger partial charge >= 0.3 is 0 Å². The summed E-state index contributed by atoms with van der Waals surface area (Å²) in [6.07, 6.45) is 9.34.